The third kappa shape index (κ3) is 3.32. The lowest BCUT2D eigenvalue weighted by Gasteiger charge is -2.31. The molecule has 1 amide bonds. The van der Waals surface area contributed by atoms with Gasteiger partial charge in [-0.3, -0.25) is 14.9 Å². The Morgan fingerprint density at radius 1 is 1.18 bits per heavy atom. The summed E-state index contributed by atoms with van der Waals surface area (Å²) in [5.74, 6) is -0.741. The first-order valence-electron chi connectivity index (χ1n) is 8.74. The van der Waals surface area contributed by atoms with Crippen LogP contribution in [0.2, 0.25) is 5.02 Å². The maximum Gasteiger partial charge on any atom is 0.357 e. The van der Waals surface area contributed by atoms with Gasteiger partial charge in [-0.1, -0.05) is 29.8 Å². The fourth-order valence-corrected chi connectivity index (χ4v) is 3.93. The molecule has 0 aromatic heterocycles. The predicted octanol–water partition coefficient (Wildman–Crippen LogP) is 3.20. The third-order valence-electron chi connectivity index (χ3n) is 4.99. The van der Waals surface area contributed by atoms with Gasteiger partial charge in [0.15, 0.2) is 0 Å². The van der Waals surface area contributed by atoms with Gasteiger partial charge in [0.2, 0.25) is 5.91 Å². The van der Waals surface area contributed by atoms with Crippen LogP contribution in [-0.4, -0.2) is 40.5 Å². The lowest BCUT2D eigenvalue weighted by Crippen LogP contribution is -2.45. The molecule has 0 N–H and O–H groups in total. The second kappa shape index (κ2) is 7.21. The van der Waals surface area contributed by atoms with Crippen molar-refractivity contribution >= 4 is 34.9 Å². The van der Waals surface area contributed by atoms with E-state index < -0.39 is 10.9 Å². The van der Waals surface area contributed by atoms with Gasteiger partial charge in [-0.25, -0.2) is 4.79 Å². The highest BCUT2D eigenvalue weighted by molar-refractivity contribution is 6.31. The minimum atomic E-state index is -0.553. The van der Waals surface area contributed by atoms with Crippen LogP contribution >= 0.6 is 11.6 Å². The zero-order valence-electron chi connectivity index (χ0n) is 14.7. The Morgan fingerprint density at radius 2 is 1.93 bits per heavy atom. The van der Waals surface area contributed by atoms with Gasteiger partial charge in [-0.05, 0) is 30.7 Å². The summed E-state index contributed by atoms with van der Waals surface area (Å²) in [4.78, 5) is 42.9. The van der Waals surface area contributed by atoms with Crippen LogP contribution in [0.3, 0.4) is 0 Å². The van der Waals surface area contributed by atoms with Crippen molar-refractivity contribution in [1.29, 1.82) is 0 Å². The topological polar surface area (TPSA) is 93.0 Å². The van der Waals surface area contributed by atoms with E-state index in [2.05, 4.69) is 0 Å². The molecular formula is C19H16ClN3O5. The third-order valence-corrected chi connectivity index (χ3v) is 5.22. The second-order valence-corrected chi connectivity index (χ2v) is 7.18. The molecule has 2 bridgehead atoms. The Morgan fingerprint density at radius 3 is 2.64 bits per heavy atom. The number of nitrogens with zero attached hydrogens (tertiary/aromatic N) is 3. The van der Waals surface area contributed by atoms with Crippen molar-refractivity contribution in [2.45, 2.75) is 24.9 Å². The van der Waals surface area contributed by atoms with Gasteiger partial charge in [0.25, 0.3) is 5.69 Å². The van der Waals surface area contributed by atoms with E-state index in [9.17, 15) is 19.7 Å². The van der Waals surface area contributed by atoms with E-state index in [0.717, 1.165) is 0 Å². The molecule has 28 heavy (non-hydrogen) atoms. The summed E-state index contributed by atoms with van der Waals surface area (Å²) in [6.07, 6.45) is 0.673. The van der Waals surface area contributed by atoms with Crippen LogP contribution in [0.25, 0.3) is 0 Å². The number of nitro benzene ring substituents is 1. The summed E-state index contributed by atoms with van der Waals surface area (Å²) >= 11 is 5.88. The number of amides is 1. The molecule has 2 saturated heterocycles. The van der Waals surface area contributed by atoms with Crippen molar-refractivity contribution in [3.05, 3.63) is 69.2 Å². The van der Waals surface area contributed by atoms with Crippen molar-refractivity contribution < 1.29 is 19.3 Å². The summed E-state index contributed by atoms with van der Waals surface area (Å²) in [6, 6.07) is 12.3. The molecular weight excluding hydrogens is 386 g/mol. The number of piperidine rings is 1. The molecule has 8 nitrogen and oxygen atoms in total. The predicted molar refractivity (Wildman–Crippen MR) is 101 cm³/mol. The first kappa shape index (κ1) is 18.4. The number of nitro groups is 1. The average molecular weight is 402 g/mol. The van der Waals surface area contributed by atoms with Gasteiger partial charge in [0.1, 0.15) is 5.69 Å². The molecule has 0 saturated carbocycles. The molecule has 2 fully saturated rings. The fraction of sp³-hybridized carbons (Fsp3) is 0.263. The number of hydrogen-bond donors (Lipinski definition) is 0. The van der Waals surface area contributed by atoms with Crippen molar-refractivity contribution in [1.82, 2.24) is 5.06 Å². The Labute approximate surface area is 165 Å². The molecule has 2 aliphatic heterocycles. The highest BCUT2D eigenvalue weighted by Crippen LogP contribution is 2.39. The quantitative estimate of drug-likeness (QED) is 0.577. The van der Waals surface area contributed by atoms with E-state index >= 15 is 0 Å². The number of hydrogen-bond acceptors (Lipinski definition) is 6. The van der Waals surface area contributed by atoms with Crippen molar-refractivity contribution in [2.75, 3.05) is 11.4 Å². The number of rotatable bonds is 4. The zero-order valence-corrected chi connectivity index (χ0v) is 15.4. The highest BCUT2D eigenvalue weighted by Gasteiger charge is 2.47. The summed E-state index contributed by atoms with van der Waals surface area (Å²) in [5.41, 5.74) is 0.401. The van der Waals surface area contributed by atoms with E-state index in [1.54, 1.807) is 30.3 Å². The number of carbonyl (C=O) groups is 2. The van der Waals surface area contributed by atoms with E-state index in [0.29, 0.717) is 12.0 Å². The molecule has 2 aromatic rings. The van der Waals surface area contributed by atoms with E-state index in [-0.39, 0.29) is 47.4 Å². The molecule has 2 atom stereocenters. The monoisotopic (exact) mass is 401 g/mol. The Bertz CT molecular complexity index is 952. The first-order valence-corrected chi connectivity index (χ1v) is 9.12. The van der Waals surface area contributed by atoms with Gasteiger partial charge in [0, 0.05) is 17.5 Å². The van der Waals surface area contributed by atoms with Gasteiger partial charge in [-0.15, -0.1) is 5.06 Å². The fourth-order valence-electron chi connectivity index (χ4n) is 3.76. The smallest absolute Gasteiger partial charge is 0.357 e. The van der Waals surface area contributed by atoms with Gasteiger partial charge in [-0.2, -0.15) is 0 Å². The Balaban J connectivity index is 1.57. The summed E-state index contributed by atoms with van der Waals surface area (Å²) in [6.45, 7) is 0.286. The summed E-state index contributed by atoms with van der Waals surface area (Å²) in [7, 11) is 0. The largest absolute Gasteiger partial charge is 0.364 e. The van der Waals surface area contributed by atoms with Crippen LogP contribution in [0, 0.1) is 10.1 Å². The first-order chi connectivity index (χ1) is 13.4. The van der Waals surface area contributed by atoms with Crippen molar-refractivity contribution in [3.63, 3.8) is 0 Å². The Hall–Kier alpha value is -2.97. The molecule has 144 valence electrons. The number of halogens is 1. The molecule has 0 radical (unpaired) electrons. The summed E-state index contributed by atoms with van der Waals surface area (Å²) in [5, 5.41) is 13.2. The lowest BCUT2D eigenvalue weighted by molar-refractivity contribution is -0.384. The van der Waals surface area contributed by atoms with Crippen LogP contribution in [-0.2, 0) is 9.63 Å². The molecule has 2 heterocycles. The maximum atomic E-state index is 12.7. The van der Waals surface area contributed by atoms with E-state index in [4.69, 9.17) is 16.4 Å². The molecule has 2 aromatic carbocycles. The second-order valence-electron chi connectivity index (χ2n) is 6.75. The maximum absolute atomic E-state index is 12.7. The number of hydroxylamine groups is 2. The molecule has 0 aliphatic carbocycles. The zero-order chi connectivity index (χ0) is 19.8. The van der Waals surface area contributed by atoms with Gasteiger partial charge < -0.3 is 9.74 Å². The molecule has 4 rings (SSSR count). The molecule has 9 heteroatoms. The molecule has 0 spiro atoms. The average Bonchev–Trinajstić information content (AvgIpc) is 2.99. The Kier molecular flexibility index (Phi) is 4.74. The summed E-state index contributed by atoms with van der Waals surface area (Å²) < 4.78 is 0. The van der Waals surface area contributed by atoms with E-state index in [1.807, 2.05) is 0 Å². The van der Waals surface area contributed by atoms with Gasteiger partial charge in [0.05, 0.1) is 29.1 Å². The number of anilines is 1. The normalized spacial score (nSPS) is 21.6. The lowest BCUT2D eigenvalue weighted by atomic mass is 10.0. The van der Waals surface area contributed by atoms with Crippen LogP contribution in [0.15, 0.2) is 48.5 Å². The SMILES string of the molecule is O=C(ON1CC2CC1CC(=O)N2c1ccc(Cl)cc1[N+](=O)[O-])c1ccccc1. The van der Waals surface area contributed by atoms with Crippen LogP contribution in [0.4, 0.5) is 11.4 Å². The van der Waals surface area contributed by atoms with E-state index in [1.165, 1.54) is 28.2 Å². The van der Waals surface area contributed by atoms with Gasteiger partial charge >= 0.3 is 5.97 Å². The molecule has 2 aliphatic rings. The number of fused-ring (bicyclic) bond motifs is 2. The highest BCUT2D eigenvalue weighted by atomic mass is 35.5. The standard InChI is InChI=1S/C19H16ClN3O5/c20-13-6-7-16(17(8-13)23(26)27)22-15-9-14(10-18(22)24)21(11-15)28-19(25)12-4-2-1-3-5-12/h1-8,14-15H,9-11H2. The van der Waals surface area contributed by atoms with Crippen LogP contribution in [0.5, 0.6) is 0 Å². The van der Waals surface area contributed by atoms with Crippen molar-refractivity contribution in [2.24, 2.45) is 0 Å². The number of carbonyl (C=O) groups excluding carboxylic acids is 2. The molecule has 2 unspecified atom stereocenters. The number of benzene rings is 2. The van der Waals surface area contributed by atoms with Crippen LogP contribution in [0.1, 0.15) is 23.2 Å². The minimum Gasteiger partial charge on any atom is -0.364 e. The minimum absolute atomic E-state index is 0.109. The van der Waals surface area contributed by atoms with Crippen molar-refractivity contribution in [3.8, 4) is 0 Å². The van der Waals surface area contributed by atoms with Crippen LogP contribution < -0.4 is 4.90 Å².